The summed E-state index contributed by atoms with van der Waals surface area (Å²) in [5.41, 5.74) is 0.563. The number of rotatable bonds is 7. The topological polar surface area (TPSA) is 132 Å². The third-order valence-electron chi connectivity index (χ3n) is 5.18. The molecular weight excluding hydrogens is 572 g/mol. The number of nitrogens with zero attached hydrogens (tertiary/aromatic N) is 5. The summed E-state index contributed by atoms with van der Waals surface area (Å²) >= 11 is 10.8. The predicted molar refractivity (Wildman–Crippen MR) is 135 cm³/mol. The minimum Gasteiger partial charge on any atom is -0.472 e. The zero-order valence-corrected chi connectivity index (χ0v) is 21.3. The number of carbonyl (C=O) groups excluding carboxylic acids is 1. The molecule has 0 aromatic carbocycles. The number of pyridine rings is 1. The number of nitriles is 1. The van der Waals surface area contributed by atoms with E-state index >= 15 is 0 Å². The number of thiophene rings is 1. The van der Waals surface area contributed by atoms with E-state index in [1.165, 1.54) is 34.4 Å². The van der Waals surface area contributed by atoms with Gasteiger partial charge >= 0.3 is 5.91 Å². The molecule has 180 valence electrons. The Hall–Kier alpha value is -3.92. The number of aromatic nitrogens is 4. The zero-order valence-electron chi connectivity index (χ0n) is 18.1. The van der Waals surface area contributed by atoms with E-state index in [1.807, 2.05) is 6.07 Å². The van der Waals surface area contributed by atoms with Gasteiger partial charge in [-0.1, -0.05) is 16.8 Å². The molecule has 0 aliphatic rings. The molecule has 0 spiro atoms. The van der Waals surface area contributed by atoms with Crippen molar-refractivity contribution in [2.24, 2.45) is 0 Å². The molecule has 0 amide bonds. The molecule has 0 bridgehead atoms. The van der Waals surface area contributed by atoms with Crippen LogP contribution in [-0.4, -0.2) is 25.4 Å². The van der Waals surface area contributed by atoms with Gasteiger partial charge < -0.3 is 18.8 Å². The summed E-state index contributed by atoms with van der Waals surface area (Å²) in [4.78, 5) is 27.5. The average Bonchev–Trinajstić information content (AvgIpc) is 3.67. The molecule has 0 fully saturated rings. The number of furan rings is 1. The fraction of sp³-hybridized carbons (Fsp3) is 0.0870. The molecule has 0 saturated carbocycles. The molecule has 10 nitrogen and oxygen atoms in total. The molecule has 0 aliphatic carbocycles. The van der Waals surface area contributed by atoms with Gasteiger partial charge in [0.05, 0.1) is 41.7 Å². The van der Waals surface area contributed by atoms with E-state index in [0.29, 0.717) is 8.81 Å². The van der Waals surface area contributed by atoms with Crippen LogP contribution < -0.4 is 10.9 Å². The molecule has 0 radical (unpaired) electrons. The lowest BCUT2D eigenvalue weighted by molar-refractivity contribution is 0.0911. The van der Waals surface area contributed by atoms with Crippen molar-refractivity contribution >= 4 is 50.6 Å². The Balaban J connectivity index is 1.64. The fourth-order valence-electron chi connectivity index (χ4n) is 3.53. The van der Waals surface area contributed by atoms with Gasteiger partial charge in [0, 0.05) is 27.2 Å². The number of hydrogen-bond donors (Lipinski definition) is 1. The molecular formula is C23H14BrClN6O4S. The molecule has 1 N–H and O–H groups in total. The number of hydrogen-bond acceptors (Lipinski definition) is 9. The van der Waals surface area contributed by atoms with Crippen LogP contribution in [0.1, 0.15) is 26.6 Å². The SMILES string of the molecule is N#Cc1c(-c2c(Br)ccn(Cc3ccoc3)c2=O)nn(C(=O)c2ccno2)c1NCc1ccc(Cl)s1. The van der Waals surface area contributed by atoms with Gasteiger partial charge in [-0.25, -0.2) is 0 Å². The van der Waals surface area contributed by atoms with Gasteiger partial charge in [-0.05, 0) is 40.2 Å². The molecule has 0 aliphatic heterocycles. The Bertz CT molecular complexity index is 1650. The summed E-state index contributed by atoms with van der Waals surface area (Å²) in [6.45, 7) is 0.515. The monoisotopic (exact) mass is 584 g/mol. The zero-order chi connectivity index (χ0) is 25.2. The van der Waals surface area contributed by atoms with Crippen molar-refractivity contribution in [1.82, 2.24) is 19.5 Å². The van der Waals surface area contributed by atoms with Gasteiger partial charge in [0.1, 0.15) is 17.3 Å². The van der Waals surface area contributed by atoms with Crippen LogP contribution in [0.2, 0.25) is 4.34 Å². The highest BCUT2D eigenvalue weighted by Crippen LogP contribution is 2.32. The Morgan fingerprint density at radius 1 is 1.28 bits per heavy atom. The van der Waals surface area contributed by atoms with Crippen LogP contribution >= 0.6 is 38.9 Å². The van der Waals surface area contributed by atoms with E-state index in [2.05, 4.69) is 37.6 Å². The van der Waals surface area contributed by atoms with E-state index in [0.717, 1.165) is 15.1 Å². The largest absolute Gasteiger partial charge is 0.472 e. The van der Waals surface area contributed by atoms with Crippen LogP contribution in [0, 0.1) is 11.3 Å². The molecule has 13 heteroatoms. The summed E-state index contributed by atoms with van der Waals surface area (Å²) < 4.78 is 13.6. The maximum atomic E-state index is 13.5. The molecule has 5 aromatic rings. The van der Waals surface area contributed by atoms with E-state index in [-0.39, 0.29) is 41.5 Å². The van der Waals surface area contributed by atoms with Gasteiger partial charge in [0.25, 0.3) is 5.56 Å². The maximum Gasteiger partial charge on any atom is 0.318 e. The molecule has 0 unspecified atom stereocenters. The number of halogens is 2. The first kappa shape index (κ1) is 23.8. The molecule has 5 rings (SSSR count). The molecule has 5 aromatic heterocycles. The summed E-state index contributed by atoms with van der Waals surface area (Å²) in [6, 6.07) is 10.5. The van der Waals surface area contributed by atoms with Gasteiger partial charge in [-0.15, -0.1) is 11.3 Å². The van der Waals surface area contributed by atoms with E-state index in [9.17, 15) is 14.9 Å². The summed E-state index contributed by atoms with van der Waals surface area (Å²) in [7, 11) is 0. The summed E-state index contributed by atoms with van der Waals surface area (Å²) in [5, 5.41) is 21.2. The van der Waals surface area contributed by atoms with Crippen LogP contribution in [0.3, 0.4) is 0 Å². The van der Waals surface area contributed by atoms with Crippen molar-refractivity contribution in [2.75, 3.05) is 5.32 Å². The maximum absolute atomic E-state index is 13.5. The minimum atomic E-state index is -0.660. The van der Waals surface area contributed by atoms with Gasteiger partial charge in [-0.3, -0.25) is 9.59 Å². The molecule has 36 heavy (non-hydrogen) atoms. The van der Waals surface area contributed by atoms with Gasteiger partial charge in [0.15, 0.2) is 5.82 Å². The van der Waals surface area contributed by atoms with Gasteiger partial charge in [0.2, 0.25) is 5.76 Å². The number of carbonyl (C=O) groups is 1. The third kappa shape index (κ3) is 4.51. The molecule has 0 saturated heterocycles. The summed E-state index contributed by atoms with van der Waals surface area (Å²) in [6.07, 6.45) is 6.00. The van der Waals surface area contributed by atoms with Crippen molar-refractivity contribution in [3.8, 4) is 17.3 Å². The van der Waals surface area contributed by atoms with Gasteiger partial charge in [-0.2, -0.15) is 15.0 Å². The van der Waals surface area contributed by atoms with Crippen molar-refractivity contribution in [1.29, 1.82) is 5.26 Å². The smallest absolute Gasteiger partial charge is 0.318 e. The van der Waals surface area contributed by atoms with Crippen LogP contribution in [0.25, 0.3) is 11.3 Å². The van der Waals surface area contributed by atoms with Crippen molar-refractivity contribution in [3.63, 3.8) is 0 Å². The lowest BCUT2D eigenvalue weighted by Gasteiger charge is -2.08. The van der Waals surface area contributed by atoms with Crippen LogP contribution in [0.5, 0.6) is 0 Å². The Kier molecular flexibility index (Phi) is 6.60. The summed E-state index contributed by atoms with van der Waals surface area (Å²) in [5.74, 6) is -0.636. The van der Waals surface area contributed by atoms with E-state index in [4.69, 9.17) is 20.5 Å². The first-order chi connectivity index (χ1) is 17.5. The quantitative estimate of drug-likeness (QED) is 0.283. The highest BCUT2D eigenvalue weighted by Gasteiger charge is 2.28. The Labute approximate surface area is 220 Å². The van der Waals surface area contributed by atoms with E-state index < -0.39 is 11.5 Å². The highest BCUT2D eigenvalue weighted by molar-refractivity contribution is 9.10. The van der Waals surface area contributed by atoms with Crippen LogP contribution in [0.4, 0.5) is 5.82 Å². The highest BCUT2D eigenvalue weighted by atomic mass is 79.9. The predicted octanol–water partition coefficient (Wildman–Crippen LogP) is 4.99. The second-order valence-electron chi connectivity index (χ2n) is 7.44. The first-order valence-corrected chi connectivity index (χ1v) is 12.3. The molecule has 5 heterocycles. The first-order valence-electron chi connectivity index (χ1n) is 10.3. The van der Waals surface area contributed by atoms with Crippen molar-refractivity contribution < 1.29 is 13.7 Å². The second-order valence-corrected chi connectivity index (χ2v) is 10.1. The third-order valence-corrected chi connectivity index (χ3v) is 7.07. The Morgan fingerprint density at radius 3 is 2.81 bits per heavy atom. The number of nitrogens with one attached hydrogen (secondary N) is 1. The van der Waals surface area contributed by atoms with Crippen molar-refractivity contribution in [3.05, 3.63) is 96.2 Å². The van der Waals surface area contributed by atoms with Crippen LogP contribution in [-0.2, 0) is 13.1 Å². The average molecular weight is 586 g/mol. The standard InChI is InChI=1S/C23H14BrClN6O4S/c24-16-4-7-30(11-13-5-8-34-12-13)23(33)19(16)20-15(9-26)21(27-10-14-1-2-18(25)36-14)31(29-20)22(32)17-3-6-28-35-17/h1-8,12,27H,10-11H2. The van der Waals surface area contributed by atoms with E-state index in [1.54, 1.807) is 30.7 Å². The van der Waals surface area contributed by atoms with Crippen molar-refractivity contribution in [2.45, 2.75) is 13.1 Å². The normalized spacial score (nSPS) is 10.9. The number of anilines is 1. The second kappa shape index (κ2) is 9.98. The molecule has 0 atom stereocenters. The minimum absolute atomic E-state index is 0.0179. The lowest BCUT2D eigenvalue weighted by atomic mass is 10.1. The lowest BCUT2D eigenvalue weighted by Crippen LogP contribution is -2.22. The Morgan fingerprint density at radius 2 is 2.14 bits per heavy atom. The van der Waals surface area contributed by atoms with Crippen LogP contribution in [0.15, 0.2) is 73.5 Å². The fourth-order valence-corrected chi connectivity index (χ4v) is 5.03.